The van der Waals surface area contributed by atoms with Gasteiger partial charge < -0.3 is 9.47 Å². The summed E-state index contributed by atoms with van der Waals surface area (Å²) in [5.74, 6) is 1.98. The minimum atomic E-state index is 0.150. The number of rotatable bonds is 5. The average Bonchev–Trinajstić information content (AvgIpc) is 2.69. The summed E-state index contributed by atoms with van der Waals surface area (Å²) < 4.78 is 12.1. The second-order valence-electron chi connectivity index (χ2n) is 7.07. The zero-order valence-corrected chi connectivity index (χ0v) is 14.8. The average molecular weight is 337 g/mol. The van der Waals surface area contributed by atoms with Crippen LogP contribution in [0.25, 0.3) is 0 Å². The van der Waals surface area contributed by atoms with E-state index in [4.69, 9.17) is 9.47 Å². The molecule has 0 N–H and O–H groups in total. The van der Waals surface area contributed by atoms with Crippen LogP contribution >= 0.6 is 0 Å². The summed E-state index contributed by atoms with van der Waals surface area (Å²) in [5.41, 5.74) is 2.55. The first kappa shape index (κ1) is 16.5. The van der Waals surface area contributed by atoms with Crippen molar-refractivity contribution >= 4 is 0 Å². The molecule has 1 fully saturated rings. The molecule has 2 aliphatic rings. The molecule has 1 unspecified atom stereocenters. The normalized spacial score (nSPS) is 20.6. The molecule has 0 aromatic heterocycles. The molecule has 2 heterocycles. The summed E-state index contributed by atoms with van der Waals surface area (Å²) in [7, 11) is 0. The van der Waals surface area contributed by atoms with Crippen LogP contribution in [0.5, 0.6) is 11.5 Å². The van der Waals surface area contributed by atoms with Crippen LogP contribution in [-0.4, -0.2) is 31.1 Å². The molecule has 3 nitrogen and oxygen atoms in total. The Morgan fingerprint density at radius 2 is 1.76 bits per heavy atom. The van der Waals surface area contributed by atoms with Gasteiger partial charge in [0.2, 0.25) is 0 Å². The molecular weight excluding hydrogens is 310 g/mol. The number of aryl methyl sites for hydroxylation is 1. The maximum atomic E-state index is 6.17. The van der Waals surface area contributed by atoms with E-state index in [2.05, 4.69) is 47.4 Å². The Balaban J connectivity index is 1.30. The number of hydrogen-bond acceptors (Lipinski definition) is 3. The molecule has 25 heavy (non-hydrogen) atoms. The van der Waals surface area contributed by atoms with Crippen molar-refractivity contribution < 1.29 is 9.47 Å². The second kappa shape index (κ2) is 7.92. The van der Waals surface area contributed by atoms with Gasteiger partial charge in [-0.1, -0.05) is 36.8 Å². The van der Waals surface area contributed by atoms with Gasteiger partial charge in [0.05, 0.1) is 0 Å². The summed E-state index contributed by atoms with van der Waals surface area (Å²) in [6.45, 7) is 4.25. The van der Waals surface area contributed by atoms with Crippen LogP contribution in [0.4, 0.5) is 0 Å². The van der Waals surface area contributed by atoms with Crippen LogP contribution in [-0.2, 0) is 6.42 Å². The van der Waals surface area contributed by atoms with E-state index in [1.54, 1.807) is 0 Å². The summed E-state index contributed by atoms with van der Waals surface area (Å²) in [6, 6.07) is 16.8. The maximum Gasteiger partial charge on any atom is 0.124 e. The van der Waals surface area contributed by atoms with E-state index in [-0.39, 0.29) is 6.10 Å². The Labute approximate surface area is 150 Å². The molecule has 0 aliphatic carbocycles. The van der Waals surface area contributed by atoms with Crippen molar-refractivity contribution in [2.24, 2.45) is 0 Å². The molecule has 132 valence electrons. The molecule has 4 rings (SSSR count). The van der Waals surface area contributed by atoms with Gasteiger partial charge in [-0.05, 0) is 68.1 Å². The van der Waals surface area contributed by atoms with Crippen molar-refractivity contribution in [3.05, 3.63) is 59.7 Å². The molecule has 0 radical (unpaired) electrons. The lowest BCUT2D eigenvalue weighted by Crippen LogP contribution is -2.33. The minimum absolute atomic E-state index is 0.150. The lowest BCUT2D eigenvalue weighted by atomic mass is 9.97. The molecule has 1 saturated heterocycles. The van der Waals surface area contributed by atoms with Crippen molar-refractivity contribution in [1.82, 2.24) is 4.90 Å². The highest BCUT2D eigenvalue weighted by Gasteiger charge is 2.20. The summed E-state index contributed by atoms with van der Waals surface area (Å²) in [5, 5.41) is 0. The van der Waals surface area contributed by atoms with Gasteiger partial charge in [-0.3, -0.25) is 4.90 Å². The first-order valence-corrected chi connectivity index (χ1v) is 9.58. The summed E-state index contributed by atoms with van der Waals surface area (Å²) >= 11 is 0. The number of para-hydroxylation sites is 1. The van der Waals surface area contributed by atoms with Crippen LogP contribution in [0, 0.1) is 0 Å². The fourth-order valence-corrected chi connectivity index (χ4v) is 3.81. The number of benzene rings is 2. The third-order valence-electron chi connectivity index (χ3n) is 5.29. The predicted molar refractivity (Wildman–Crippen MR) is 100 cm³/mol. The first-order chi connectivity index (χ1) is 12.4. The summed E-state index contributed by atoms with van der Waals surface area (Å²) in [6.07, 6.45) is 6.31. The van der Waals surface area contributed by atoms with E-state index >= 15 is 0 Å². The Bertz CT molecular complexity index is 677. The molecule has 0 saturated carbocycles. The minimum Gasteiger partial charge on any atom is -0.492 e. The molecule has 0 amide bonds. The number of ether oxygens (including phenoxy) is 2. The van der Waals surface area contributed by atoms with Crippen LogP contribution in [0.15, 0.2) is 48.5 Å². The van der Waals surface area contributed by atoms with E-state index in [1.807, 2.05) is 6.07 Å². The number of likely N-dealkylation sites (tertiary alicyclic amines) is 1. The van der Waals surface area contributed by atoms with Crippen LogP contribution < -0.4 is 9.47 Å². The van der Waals surface area contributed by atoms with Crippen molar-refractivity contribution in [3.8, 4) is 11.5 Å². The Kier molecular flexibility index (Phi) is 5.22. The fourth-order valence-electron chi connectivity index (χ4n) is 3.81. The highest BCUT2D eigenvalue weighted by molar-refractivity contribution is 5.37. The van der Waals surface area contributed by atoms with Crippen molar-refractivity contribution in [2.75, 3.05) is 26.2 Å². The molecule has 0 spiro atoms. The molecule has 2 aromatic rings. The number of hydrogen-bond donors (Lipinski definition) is 0. The third kappa shape index (κ3) is 4.16. The van der Waals surface area contributed by atoms with Gasteiger partial charge in [-0.25, -0.2) is 0 Å². The molecule has 2 aliphatic heterocycles. The summed E-state index contributed by atoms with van der Waals surface area (Å²) in [4.78, 5) is 2.51. The fraction of sp³-hybridized carbons (Fsp3) is 0.455. The third-order valence-corrected chi connectivity index (χ3v) is 5.29. The van der Waals surface area contributed by atoms with Gasteiger partial charge >= 0.3 is 0 Å². The Morgan fingerprint density at radius 3 is 2.60 bits per heavy atom. The Hall–Kier alpha value is -2.00. The van der Waals surface area contributed by atoms with Crippen molar-refractivity contribution in [2.45, 2.75) is 38.2 Å². The number of nitrogens with zero attached hydrogens (tertiary/aromatic N) is 1. The zero-order valence-electron chi connectivity index (χ0n) is 14.8. The lowest BCUT2D eigenvalue weighted by Gasteiger charge is -2.27. The SMILES string of the molecule is c1ccc2c(c1)CCC(c1ccc(OCCN3CCCCC3)cc1)O2. The van der Waals surface area contributed by atoms with Gasteiger partial charge in [-0.2, -0.15) is 0 Å². The smallest absolute Gasteiger partial charge is 0.124 e. The van der Waals surface area contributed by atoms with Gasteiger partial charge in [0.15, 0.2) is 0 Å². The Morgan fingerprint density at radius 1 is 0.960 bits per heavy atom. The molecular formula is C22H27NO2. The molecule has 3 heteroatoms. The highest BCUT2D eigenvalue weighted by atomic mass is 16.5. The van der Waals surface area contributed by atoms with Crippen LogP contribution in [0.1, 0.15) is 42.9 Å². The lowest BCUT2D eigenvalue weighted by molar-refractivity contribution is 0.176. The van der Waals surface area contributed by atoms with Crippen molar-refractivity contribution in [3.63, 3.8) is 0 Å². The molecule has 0 bridgehead atoms. The molecule has 1 atom stereocenters. The molecule has 2 aromatic carbocycles. The van der Waals surface area contributed by atoms with Crippen LogP contribution in [0.2, 0.25) is 0 Å². The quantitative estimate of drug-likeness (QED) is 0.795. The topological polar surface area (TPSA) is 21.7 Å². The van der Waals surface area contributed by atoms with Gasteiger partial charge in [0, 0.05) is 6.54 Å². The van der Waals surface area contributed by atoms with E-state index in [0.29, 0.717) is 0 Å². The van der Waals surface area contributed by atoms with Gasteiger partial charge in [0.25, 0.3) is 0 Å². The maximum absolute atomic E-state index is 6.17. The highest BCUT2D eigenvalue weighted by Crippen LogP contribution is 2.35. The van der Waals surface area contributed by atoms with Gasteiger partial charge in [-0.15, -0.1) is 0 Å². The standard InChI is InChI=1S/C22H27NO2/c1-4-14-23(15-5-1)16-17-24-20-11-8-19(9-12-20)22-13-10-18-6-2-3-7-21(18)25-22/h2-3,6-9,11-12,22H,1,4-5,10,13-17H2. The predicted octanol–water partition coefficient (Wildman–Crippen LogP) is 4.62. The van der Waals surface area contributed by atoms with E-state index in [0.717, 1.165) is 37.5 Å². The van der Waals surface area contributed by atoms with Crippen molar-refractivity contribution in [1.29, 1.82) is 0 Å². The monoisotopic (exact) mass is 337 g/mol. The second-order valence-corrected chi connectivity index (χ2v) is 7.07. The number of fused-ring (bicyclic) bond motifs is 1. The zero-order chi connectivity index (χ0) is 16.9. The van der Waals surface area contributed by atoms with E-state index in [9.17, 15) is 0 Å². The largest absolute Gasteiger partial charge is 0.492 e. The first-order valence-electron chi connectivity index (χ1n) is 9.58. The van der Waals surface area contributed by atoms with E-state index in [1.165, 1.54) is 43.5 Å². The van der Waals surface area contributed by atoms with Gasteiger partial charge in [0.1, 0.15) is 24.2 Å². The van der Waals surface area contributed by atoms with Crippen LogP contribution in [0.3, 0.4) is 0 Å². The number of piperidine rings is 1. The van der Waals surface area contributed by atoms with E-state index < -0.39 is 0 Å².